The number of nitrogens with zero attached hydrogens (tertiary/aromatic N) is 2. The van der Waals surface area contributed by atoms with Crippen LogP contribution in [0.5, 0.6) is 0 Å². The van der Waals surface area contributed by atoms with Gasteiger partial charge in [-0.2, -0.15) is 0 Å². The number of carbonyl (C=O) groups excluding carboxylic acids is 1. The molecule has 0 aromatic carbocycles. The number of amides is 2. The number of carbonyl (C=O) groups is 1. The molecule has 0 aliphatic carbocycles. The Bertz CT molecular complexity index is 524. The molecule has 0 unspecified atom stereocenters. The third-order valence-electron chi connectivity index (χ3n) is 2.25. The number of nitrogens with one attached hydrogen (secondary N) is 2. The lowest BCUT2D eigenvalue weighted by Gasteiger charge is -2.04. The molecule has 6 heteroatoms. The van der Waals surface area contributed by atoms with Crippen LogP contribution in [0.25, 0.3) is 0 Å². The summed E-state index contributed by atoms with van der Waals surface area (Å²) in [5.74, 6) is 0.418. The van der Waals surface area contributed by atoms with E-state index >= 15 is 0 Å². The molecular weight excluding hydrogens is 248 g/mol. The summed E-state index contributed by atoms with van der Waals surface area (Å²) in [6, 6.07) is 3.15. The second kappa shape index (κ2) is 5.59. The maximum Gasteiger partial charge on any atom is 0.325 e. The monoisotopic (exact) mass is 262 g/mol. The highest BCUT2D eigenvalue weighted by Crippen LogP contribution is 2.25. The predicted molar refractivity (Wildman–Crippen MR) is 73.1 cm³/mol. The van der Waals surface area contributed by atoms with E-state index in [1.165, 1.54) is 11.3 Å². The zero-order valence-corrected chi connectivity index (χ0v) is 11.0. The van der Waals surface area contributed by atoms with Crippen LogP contribution in [0.15, 0.2) is 30.7 Å². The molecule has 2 aromatic rings. The first-order valence-electron chi connectivity index (χ1n) is 5.59. The maximum atomic E-state index is 11.7. The second-order valence-corrected chi connectivity index (χ2v) is 5.10. The molecule has 5 nitrogen and oxygen atoms in total. The van der Waals surface area contributed by atoms with Crippen molar-refractivity contribution >= 4 is 28.2 Å². The number of pyridine rings is 1. The molecule has 2 N–H and O–H groups in total. The highest BCUT2D eigenvalue weighted by Gasteiger charge is 2.08. The zero-order chi connectivity index (χ0) is 13.0. The Morgan fingerprint density at radius 3 is 2.61 bits per heavy atom. The van der Waals surface area contributed by atoms with Crippen LogP contribution < -0.4 is 10.6 Å². The van der Waals surface area contributed by atoms with Gasteiger partial charge in [0.1, 0.15) is 0 Å². The molecule has 0 bridgehead atoms. The summed E-state index contributed by atoms with van der Waals surface area (Å²) < 4.78 is 0. The third-order valence-corrected chi connectivity index (χ3v) is 3.46. The summed E-state index contributed by atoms with van der Waals surface area (Å²) in [4.78, 5) is 20.9. The molecule has 2 heterocycles. The van der Waals surface area contributed by atoms with Gasteiger partial charge >= 0.3 is 6.03 Å². The topological polar surface area (TPSA) is 66.9 Å². The molecule has 18 heavy (non-hydrogen) atoms. The molecule has 2 aromatic heterocycles. The largest absolute Gasteiger partial charge is 0.325 e. The summed E-state index contributed by atoms with van der Waals surface area (Å²) in [6.45, 7) is 4.18. The lowest BCUT2D eigenvalue weighted by Crippen LogP contribution is -2.19. The Balaban J connectivity index is 1.95. The van der Waals surface area contributed by atoms with E-state index in [9.17, 15) is 4.79 Å². The van der Waals surface area contributed by atoms with E-state index < -0.39 is 0 Å². The maximum absolute atomic E-state index is 11.7. The highest BCUT2D eigenvalue weighted by molar-refractivity contribution is 7.15. The van der Waals surface area contributed by atoms with E-state index in [2.05, 4.69) is 34.4 Å². The zero-order valence-electron chi connectivity index (χ0n) is 10.2. The van der Waals surface area contributed by atoms with Gasteiger partial charge in [-0.25, -0.2) is 9.78 Å². The molecule has 0 saturated heterocycles. The van der Waals surface area contributed by atoms with E-state index in [0.717, 1.165) is 4.88 Å². The van der Waals surface area contributed by atoms with E-state index in [1.54, 1.807) is 30.7 Å². The number of thiazole rings is 1. The van der Waals surface area contributed by atoms with Gasteiger partial charge in [0.25, 0.3) is 0 Å². The van der Waals surface area contributed by atoms with Gasteiger partial charge in [0, 0.05) is 29.2 Å². The highest BCUT2D eigenvalue weighted by atomic mass is 32.1. The second-order valence-electron chi connectivity index (χ2n) is 4.04. The fourth-order valence-electron chi connectivity index (χ4n) is 1.31. The quantitative estimate of drug-likeness (QED) is 0.891. The Morgan fingerprint density at radius 1 is 1.28 bits per heavy atom. The summed E-state index contributed by atoms with van der Waals surface area (Å²) in [6.07, 6.45) is 5.03. The van der Waals surface area contributed by atoms with Gasteiger partial charge in [-0.3, -0.25) is 10.3 Å². The van der Waals surface area contributed by atoms with Gasteiger partial charge in [0.2, 0.25) is 0 Å². The van der Waals surface area contributed by atoms with Crippen LogP contribution in [-0.4, -0.2) is 16.0 Å². The predicted octanol–water partition coefficient (Wildman–Crippen LogP) is 3.31. The molecule has 2 rings (SSSR count). The smallest absolute Gasteiger partial charge is 0.308 e. The molecule has 0 radical (unpaired) electrons. The summed E-state index contributed by atoms with van der Waals surface area (Å²) in [5.41, 5.74) is 0.697. The molecule has 2 amide bonds. The number of hydrogen-bond acceptors (Lipinski definition) is 4. The van der Waals surface area contributed by atoms with Crippen molar-refractivity contribution in [3.63, 3.8) is 0 Å². The summed E-state index contributed by atoms with van der Waals surface area (Å²) >= 11 is 1.48. The molecule has 0 aliphatic heterocycles. The van der Waals surface area contributed by atoms with Crippen LogP contribution >= 0.6 is 11.3 Å². The van der Waals surface area contributed by atoms with Crippen LogP contribution in [0.2, 0.25) is 0 Å². The van der Waals surface area contributed by atoms with Gasteiger partial charge < -0.3 is 5.32 Å². The van der Waals surface area contributed by atoms with E-state index in [1.807, 2.05) is 0 Å². The fraction of sp³-hybridized carbons (Fsp3) is 0.250. The average Bonchev–Trinajstić information content (AvgIpc) is 2.78. The van der Waals surface area contributed by atoms with E-state index in [4.69, 9.17) is 0 Å². The first kappa shape index (κ1) is 12.5. The first-order chi connectivity index (χ1) is 8.65. The van der Waals surface area contributed by atoms with Crippen LogP contribution in [-0.2, 0) is 0 Å². The molecular formula is C12H14N4OS. The molecule has 0 aliphatic rings. The Kier molecular flexibility index (Phi) is 3.88. The number of anilines is 2. The third kappa shape index (κ3) is 3.27. The number of rotatable bonds is 3. The van der Waals surface area contributed by atoms with Crippen molar-refractivity contribution < 1.29 is 4.79 Å². The van der Waals surface area contributed by atoms with Crippen molar-refractivity contribution in [2.24, 2.45) is 0 Å². The minimum Gasteiger partial charge on any atom is -0.308 e. The van der Waals surface area contributed by atoms with E-state index in [-0.39, 0.29) is 6.03 Å². The van der Waals surface area contributed by atoms with Crippen molar-refractivity contribution in [3.8, 4) is 0 Å². The normalized spacial score (nSPS) is 10.4. The fourth-order valence-corrected chi connectivity index (χ4v) is 2.12. The van der Waals surface area contributed by atoms with Crippen LogP contribution in [0, 0.1) is 0 Å². The van der Waals surface area contributed by atoms with Crippen LogP contribution in [0.1, 0.15) is 24.6 Å². The summed E-state index contributed by atoms with van der Waals surface area (Å²) in [5, 5.41) is 6.01. The SMILES string of the molecule is CC(C)c1cnc(NC(=O)Nc2ccncc2)s1. The molecule has 0 fully saturated rings. The van der Waals surface area contributed by atoms with Crippen LogP contribution in [0.3, 0.4) is 0 Å². The van der Waals surface area contributed by atoms with Gasteiger partial charge in [0.05, 0.1) is 0 Å². The van der Waals surface area contributed by atoms with Crippen molar-refractivity contribution in [2.75, 3.05) is 10.6 Å². The van der Waals surface area contributed by atoms with Gasteiger partial charge in [-0.1, -0.05) is 13.8 Å². The number of urea groups is 1. The number of hydrogen-bond donors (Lipinski definition) is 2. The minimum atomic E-state index is -0.300. The van der Waals surface area contributed by atoms with Crippen molar-refractivity contribution in [1.29, 1.82) is 0 Å². The molecule has 0 saturated carbocycles. The van der Waals surface area contributed by atoms with Crippen molar-refractivity contribution in [1.82, 2.24) is 9.97 Å². The lowest BCUT2D eigenvalue weighted by atomic mass is 10.2. The Labute approximate surface area is 109 Å². The first-order valence-corrected chi connectivity index (χ1v) is 6.40. The lowest BCUT2D eigenvalue weighted by molar-refractivity contribution is 0.262. The molecule has 0 atom stereocenters. The summed E-state index contributed by atoms with van der Waals surface area (Å²) in [7, 11) is 0. The van der Waals surface area contributed by atoms with Crippen LogP contribution in [0.4, 0.5) is 15.6 Å². The molecule has 0 spiro atoms. The Hall–Kier alpha value is -1.95. The average molecular weight is 262 g/mol. The van der Waals surface area contributed by atoms with Gasteiger partial charge in [-0.05, 0) is 18.1 Å². The number of aromatic nitrogens is 2. The Morgan fingerprint density at radius 2 is 2.00 bits per heavy atom. The molecule has 94 valence electrons. The van der Waals surface area contributed by atoms with Crippen molar-refractivity contribution in [2.45, 2.75) is 19.8 Å². The van der Waals surface area contributed by atoms with E-state index in [0.29, 0.717) is 16.7 Å². The standard InChI is InChI=1S/C12H14N4OS/c1-8(2)10-7-14-12(18-10)16-11(17)15-9-3-5-13-6-4-9/h3-8H,1-2H3,(H2,13,14,15,16,17). The van der Waals surface area contributed by atoms with Gasteiger partial charge in [0.15, 0.2) is 5.13 Å². The van der Waals surface area contributed by atoms with Gasteiger partial charge in [-0.15, -0.1) is 11.3 Å². The van der Waals surface area contributed by atoms with Crippen molar-refractivity contribution in [3.05, 3.63) is 35.6 Å². The minimum absolute atomic E-state index is 0.300.